The second kappa shape index (κ2) is 5.70. The Labute approximate surface area is 116 Å². The van der Waals surface area contributed by atoms with Crippen LogP contribution in [-0.4, -0.2) is 27.8 Å². The van der Waals surface area contributed by atoms with Gasteiger partial charge in [0, 0.05) is 19.5 Å². The van der Waals surface area contributed by atoms with E-state index >= 15 is 0 Å². The van der Waals surface area contributed by atoms with E-state index in [1.165, 1.54) is 6.92 Å². The van der Waals surface area contributed by atoms with Crippen LogP contribution in [0.25, 0.3) is 11.4 Å². The molecule has 0 radical (unpaired) electrons. The number of aromatic nitrogens is 3. The van der Waals surface area contributed by atoms with Crippen LogP contribution in [0.3, 0.4) is 0 Å². The van der Waals surface area contributed by atoms with Crippen molar-refractivity contribution in [1.29, 1.82) is 0 Å². The molecule has 0 fully saturated rings. The number of methoxy groups -OCH3 is 1. The largest absolute Gasteiger partial charge is 0.495 e. The van der Waals surface area contributed by atoms with Crippen molar-refractivity contribution in [2.45, 2.75) is 13.5 Å². The number of benzene rings is 1. The average molecular weight is 275 g/mol. The van der Waals surface area contributed by atoms with Gasteiger partial charge < -0.3 is 15.8 Å². The summed E-state index contributed by atoms with van der Waals surface area (Å²) in [7, 11) is 3.34. The highest BCUT2D eigenvalue weighted by Gasteiger charge is 2.12. The molecule has 1 heterocycles. The molecule has 1 amide bonds. The van der Waals surface area contributed by atoms with Crippen molar-refractivity contribution in [3.05, 3.63) is 24.0 Å². The molecular weight excluding hydrogens is 258 g/mol. The zero-order chi connectivity index (χ0) is 14.7. The van der Waals surface area contributed by atoms with E-state index in [1.807, 2.05) is 6.07 Å². The lowest BCUT2D eigenvalue weighted by atomic mass is 10.1. The SMILES string of the molecule is COc1ccc(-c2nc(CN)n(C)n2)cc1NC(C)=O. The summed E-state index contributed by atoms with van der Waals surface area (Å²) < 4.78 is 6.84. The smallest absolute Gasteiger partial charge is 0.221 e. The van der Waals surface area contributed by atoms with Gasteiger partial charge in [0.25, 0.3) is 0 Å². The Balaban J connectivity index is 2.43. The molecule has 0 bridgehead atoms. The van der Waals surface area contributed by atoms with Crippen molar-refractivity contribution in [1.82, 2.24) is 14.8 Å². The Hall–Kier alpha value is -2.41. The Bertz CT molecular complexity index is 636. The number of nitrogens with two attached hydrogens (primary N) is 1. The number of hydrogen-bond acceptors (Lipinski definition) is 5. The van der Waals surface area contributed by atoms with Crippen LogP contribution in [-0.2, 0) is 18.4 Å². The number of ether oxygens (including phenoxy) is 1. The first-order valence-electron chi connectivity index (χ1n) is 6.11. The number of hydrogen-bond donors (Lipinski definition) is 2. The van der Waals surface area contributed by atoms with Crippen molar-refractivity contribution in [3.63, 3.8) is 0 Å². The minimum absolute atomic E-state index is 0.169. The van der Waals surface area contributed by atoms with E-state index in [4.69, 9.17) is 10.5 Å². The molecule has 2 rings (SSSR count). The number of anilines is 1. The third kappa shape index (κ3) is 2.77. The van der Waals surface area contributed by atoms with Gasteiger partial charge in [0.1, 0.15) is 11.6 Å². The standard InChI is InChI=1S/C13H17N5O2/c1-8(19)15-10-6-9(4-5-11(10)20-3)13-16-12(7-14)18(2)17-13/h4-6H,7,14H2,1-3H3,(H,15,19). The zero-order valence-corrected chi connectivity index (χ0v) is 11.7. The molecule has 0 aliphatic rings. The molecule has 7 nitrogen and oxygen atoms in total. The summed E-state index contributed by atoms with van der Waals surface area (Å²) in [4.78, 5) is 15.6. The first kappa shape index (κ1) is 14.0. The summed E-state index contributed by atoms with van der Waals surface area (Å²) in [5.41, 5.74) is 6.95. The number of amides is 1. The maximum Gasteiger partial charge on any atom is 0.221 e. The fraction of sp³-hybridized carbons (Fsp3) is 0.308. The predicted molar refractivity (Wildman–Crippen MR) is 75.2 cm³/mol. The minimum atomic E-state index is -0.169. The maximum atomic E-state index is 11.2. The third-order valence-electron chi connectivity index (χ3n) is 2.80. The first-order chi connectivity index (χ1) is 9.55. The Kier molecular flexibility index (Phi) is 3.99. The average Bonchev–Trinajstić information content (AvgIpc) is 2.79. The third-order valence-corrected chi connectivity index (χ3v) is 2.80. The number of aryl methyl sites for hydroxylation is 1. The molecule has 7 heteroatoms. The molecule has 0 aliphatic heterocycles. The van der Waals surface area contributed by atoms with Gasteiger partial charge >= 0.3 is 0 Å². The van der Waals surface area contributed by atoms with E-state index in [1.54, 1.807) is 31.0 Å². The van der Waals surface area contributed by atoms with Gasteiger partial charge in [-0.3, -0.25) is 9.48 Å². The molecule has 2 aromatic rings. The normalized spacial score (nSPS) is 10.4. The van der Waals surface area contributed by atoms with Crippen LogP contribution >= 0.6 is 0 Å². The van der Waals surface area contributed by atoms with Crippen LogP contribution in [0.5, 0.6) is 5.75 Å². The molecule has 106 valence electrons. The lowest BCUT2D eigenvalue weighted by Gasteiger charge is -2.09. The van der Waals surface area contributed by atoms with Crippen molar-refractivity contribution in [2.75, 3.05) is 12.4 Å². The molecule has 0 spiro atoms. The minimum Gasteiger partial charge on any atom is -0.495 e. The van der Waals surface area contributed by atoms with Crippen LogP contribution in [0.4, 0.5) is 5.69 Å². The van der Waals surface area contributed by atoms with E-state index in [9.17, 15) is 4.79 Å². The fourth-order valence-electron chi connectivity index (χ4n) is 1.85. The topological polar surface area (TPSA) is 95.1 Å². The molecule has 0 atom stereocenters. The number of carbonyl (C=O) groups is 1. The fourth-order valence-corrected chi connectivity index (χ4v) is 1.85. The lowest BCUT2D eigenvalue weighted by Crippen LogP contribution is -2.07. The van der Waals surface area contributed by atoms with Crippen LogP contribution in [0.1, 0.15) is 12.7 Å². The molecule has 1 aromatic heterocycles. The van der Waals surface area contributed by atoms with E-state index in [0.29, 0.717) is 29.6 Å². The van der Waals surface area contributed by atoms with E-state index < -0.39 is 0 Å². The second-order valence-electron chi connectivity index (χ2n) is 4.28. The molecule has 0 aliphatic carbocycles. The number of nitrogens with zero attached hydrogens (tertiary/aromatic N) is 3. The summed E-state index contributed by atoms with van der Waals surface area (Å²) in [6.45, 7) is 1.76. The highest BCUT2D eigenvalue weighted by atomic mass is 16.5. The molecular formula is C13H17N5O2. The predicted octanol–water partition coefficient (Wildman–Crippen LogP) is 0.908. The molecule has 1 aromatic carbocycles. The summed E-state index contributed by atoms with van der Waals surface area (Å²) in [6.07, 6.45) is 0. The Morgan fingerprint density at radius 3 is 2.80 bits per heavy atom. The molecule has 20 heavy (non-hydrogen) atoms. The van der Waals surface area contributed by atoms with Crippen molar-refractivity contribution in [2.24, 2.45) is 12.8 Å². The highest BCUT2D eigenvalue weighted by molar-refractivity contribution is 5.91. The van der Waals surface area contributed by atoms with Gasteiger partial charge in [0.2, 0.25) is 5.91 Å². The van der Waals surface area contributed by atoms with Gasteiger partial charge in [-0.15, -0.1) is 0 Å². The van der Waals surface area contributed by atoms with Crippen LogP contribution < -0.4 is 15.8 Å². The van der Waals surface area contributed by atoms with Crippen molar-refractivity contribution in [3.8, 4) is 17.1 Å². The number of carbonyl (C=O) groups excluding carboxylic acids is 1. The van der Waals surface area contributed by atoms with Gasteiger partial charge in [-0.1, -0.05) is 0 Å². The van der Waals surface area contributed by atoms with Crippen molar-refractivity contribution < 1.29 is 9.53 Å². The van der Waals surface area contributed by atoms with Gasteiger partial charge in [-0.25, -0.2) is 4.98 Å². The monoisotopic (exact) mass is 275 g/mol. The summed E-state index contributed by atoms with van der Waals surface area (Å²) in [5, 5.41) is 7.02. The quantitative estimate of drug-likeness (QED) is 0.864. The van der Waals surface area contributed by atoms with Crippen LogP contribution in [0.15, 0.2) is 18.2 Å². The second-order valence-corrected chi connectivity index (χ2v) is 4.28. The van der Waals surface area contributed by atoms with E-state index in [-0.39, 0.29) is 5.91 Å². The summed E-state index contributed by atoms with van der Waals surface area (Å²) in [5.74, 6) is 1.66. The maximum absolute atomic E-state index is 11.2. The molecule has 3 N–H and O–H groups in total. The van der Waals surface area contributed by atoms with Gasteiger partial charge in [0.15, 0.2) is 5.82 Å². The Morgan fingerprint density at radius 2 is 2.25 bits per heavy atom. The summed E-state index contributed by atoms with van der Waals surface area (Å²) in [6, 6.07) is 5.37. The number of nitrogens with one attached hydrogen (secondary N) is 1. The van der Waals surface area contributed by atoms with Crippen LogP contribution in [0.2, 0.25) is 0 Å². The summed E-state index contributed by atoms with van der Waals surface area (Å²) >= 11 is 0. The van der Waals surface area contributed by atoms with Gasteiger partial charge in [-0.05, 0) is 18.2 Å². The Morgan fingerprint density at radius 1 is 1.50 bits per heavy atom. The lowest BCUT2D eigenvalue weighted by molar-refractivity contribution is -0.114. The van der Waals surface area contributed by atoms with Gasteiger partial charge in [0.05, 0.1) is 19.3 Å². The molecule has 0 saturated heterocycles. The first-order valence-corrected chi connectivity index (χ1v) is 6.11. The highest BCUT2D eigenvalue weighted by Crippen LogP contribution is 2.29. The van der Waals surface area contributed by atoms with Crippen LogP contribution in [0, 0.1) is 0 Å². The van der Waals surface area contributed by atoms with Gasteiger partial charge in [-0.2, -0.15) is 5.10 Å². The molecule has 0 unspecified atom stereocenters. The number of rotatable bonds is 4. The zero-order valence-electron chi connectivity index (χ0n) is 11.7. The van der Waals surface area contributed by atoms with E-state index in [2.05, 4.69) is 15.4 Å². The van der Waals surface area contributed by atoms with Crippen molar-refractivity contribution >= 4 is 11.6 Å². The van der Waals surface area contributed by atoms with E-state index in [0.717, 1.165) is 5.56 Å². The molecule has 0 saturated carbocycles.